The second-order valence-electron chi connectivity index (χ2n) is 2.80. The van der Waals surface area contributed by atoms with Crippen molar-refractivity contribution in [3.8, 4) is 0 Å². The van der Waals surface area contributed by atoms with Gasteiger partial charge in [0.2, 0.25) is 0 Å². The van der Waals surface area contributed by atoms with E-state index in [1.807, 2.05) is 0 Å². The first-order valence-electron chi connectivity index (χ1n) is 4.15. The number of carbonyl (C=O) groups excluding carboxylic acids is 2. The number of hydrogen-bond acceptors (Lipinski definition) is 3. The van der Waals surface area contributed by atoms with Crippen LogP contribution < -0.4 is 0 Å². The largest absolute Gasteiger partial charge is 0.465 e. The second kappa shape index (κ2) is 5.09. The van der Waals surface area contributed by atoms with Crippen molar-refractivity contribution in [1.82, 2.24) is 5.12 Å². The zero-order valence-corrected chi connectivity index (χ0v) is 8.07. The number of hydrogen-bond donors (Lipinski definition) is 0. The molecule has 1 aromatic carbocycles. The predicted octanol–water partition coefficient (Wildman–Crippen LogP) is 1.23. The summed E-state index contributed by atoms with van der Waals surface area (Å²) >= 11 is 0. The van der Waals surface area contributed by atoms with Crippen molar-refractivity contribution in [1.29, 1.82) is 0 Å². The number of nitrogens with zero attached hydrogens (tertiary/aromatic N) is 1. The molecular weight excluding hydrogens is 201 g/mol. The molecule has 15 heavy (non-hydrogen) atoms. The van der Waals surface area contributed by atoms with Crippen LogP contribution in [0.3, 0.4) is 0 Å². The Hall–Kier alpha value is -1.91. The Balaban J connectivity index is 2.83. The number of rotatable bonds is 4. The molecule has 1 radical (unpaired) electrons. The van der Waals surface area contributed by atoms with Crippen LogP contribution in [0.2, 0.25) is 0 Å². The highest BCUT2D eigenvalue weighted by Crippen LogP contribution is 2.08. The number of halogens is 1. The van der Waals surface area contributed by atoms with Crippen molar-refractivity contribution in [2.24, 2.45) is 0 Å². The van der Waals surface area contributed by atoms with Crippen LogP contribution in [0.5, 0.6) is 0 Å². The second-order valence-corrected chi connectivity index (χ2v) is 2.80. The van der Waals surface area contributed by atoms with E-state index < -0.39 is 5.97 Å². The fraction of sp³-hybridized carbons (Fsp3) is 0.200. The zero-order valence-electron chi connectivity index (χ0n) is 8.07. The molecule has 1 amide bonds. The Labute approximate surface area is 86.2 Å². The third-order valence-electron chi connectivity index (χ3n) is 1.77. The molecule has 0 unspecified atom stereocenters. The molecule has 0 spiro atoms. The monoisotopic (exact) mass is 210 g/mol. The molecule has 0 aliphatic carbocycles. The molecule has 4 nitrogen and oxygen atoms in total. The lowest BCUT2D eigenvalue weighted by Crippen LogP contribution is -2.10. The van der Waals surface area contributed by atoms with Gasteiger partial charge in [0.1, 0.15) is 0 Å². The molecule has 1 rings (SSSR count). The minimum Gasteiger partial charge on any atom is -0.465 e. The number of ether oxygens (including phenoxy) is 1. The van der Waals surface area contributed by atoms with Crippen LogP contribution in [0.15, 0.2) is 24.3 Å². The zero-order chi connectivity index (χ0) is 11.3. The normalized spacial score (nSPS) is 9.47. The van der Waals surface area contributed by atoms with Gasteiger partial charge in [-0.25, -0.2) is 4.79 Å². The summed E-state index contributed by atoms with van der Waals surface area (Å²) in [5, 5.41) is -0.129. The maximum Gasteiger partial charge on any atom is 0.342 e. The number of esters is 1. The van der Waals surface area contributed by atoms with Gasteiger partial charge in [-0.15, -0.1) is 0 Å². The van der Waals surface area contributed by atoms with Gasteiger partial charge in [-0.3, -0.25) is 4.79 Å². The van der Waals surface area contributed by atoms with E-state index >= 15 is 0 Å². The molecule has 0 saturated heterocycles. The molecule has 1 aromatic rings. The van der Waals surface area contributed by atoms with E-state index in [4.69, 9.17) is 0 Å². The quantitative estimate of drug-likeness (QED) is 0.426. The van der Waals surface area contributed by atoms with Crippen LogP contribution in [0.4, 0.5) is 4.48 Å². The molecule has 0 saturated carbocycles. The standard InChI is InChI=1S/C10H9FNO3/c1-15-10(14)9-4-2-3-8(5-9)6-12(11)7-13/h2-5H,6H2,1H3. The fourth-order valence-electron chi connectivity index (χ4n) is 1.11. The molecule has 0 aliphatic heterocycles. The van der Waals surface area contributed by atoms with E-state index in [0.29, 0.717) is 11.1 Å². The first-order chi connectivity index (χ1) is 7.17. The topological polar surface area (TPSA) is 46.6 Å². The first kappa shape index (κ1) is 11.2. The Kier molecular flexibility index (Phi) is 3.79. The summed E-state index contributed by atoms with van der Waals surface area (Å²) < 4.78 is 17.0. The minimum atomic E-state index is -0.502. The van der Waals surface area contributed by atoms with Crippen LogP contribution in [-0.2, 0) is 16.1 Å². The van der Waals surface area contributed by atoms with Crippen molar-refractivity contribution in [3.05, 3.63) is 35.4 Å². The number of methoxy groups -OCH3 is 1. The summed E-state index contributed by atoms with van der Waals surface area (Å²) in [7, 11) is 1.26. The molecule has 79 valence electrons. The molecule has 0 aromatic heterocycles. The van der Waals surface area contributed by atoms with Gasteiger partial charge in [0.25, 0.3) is 0 Å². The van der Waals surface area contributed by atoms with Crippen molar-refractivity contribution < 1.29 is 18.8 Å². The molecule has 0 bridgehead atoms. The Bertz CT molecular complexity index is 367. The third-order valence-corrected chi connectivity index (χ3v) is 1.77. The van der Waals surface area contributed by atoms with Gasteiger partial charge in [0.05, 0.1) is 19.2 Å². The van der Waals surface area contributed by atoms with Crippen molar-refractivity contribution in [3.63, 3.8) is 0 Å². The minimum absolute atomic E-state index is 0.129. The molecule has 0 N–H and O–H groups in total. The summed E-state index contributed by atoms with van der Waals surface area (Å²) in [6, 6.07) is 6.18. The van der Waals surface area contributed by atoms with Crippen molar-refractivity contribution in [2.75, 3.05) is 7.11 Å². The summed E-state index contributed by atoms with van der Waals surface area (Å²) in [4.78, 5) is 21.0. The van der Waals surface area contributed by atoms with E-state index in [0.717, 1.165) is 6.41 Å². The van der Waals surface area contributed by atoms with Crippen molar-refractivity contribution >= 4 is 12.4 Å². The van der Waals surface area contributed by atoms with E-state index in [1.165, 1.54) is 13.2 Å². The van der Waals surface area contributed by atoms with Gasteiger partial charge in [-0.05, 0) is 17.7 Å². The van der Waals surface area contributed by atoms with Crippen molar-refractivity contribution in [2.45, 2.75) is 6.54 Å². The van der Waals surface area contributed by atoms with Gasteiger partial charge >= 0.3 is 12.4 Å². The highest BCUT2D eigenvalue weighted by molar-refractivity contribution is 5.89. The van der Waals surface area contributed by atoms with E-state index in [1.54, 1.807) is 18.2 Å². The highest BCUT2D eigenvalue weighted by atomic mass is 19.2. The van der Waals surface area contributed by atoms with Crippen LogP contribution in [-0.4, -0.2) is 24.6 Å². The SMILES string of the molecule is COC(=O)c1cccc(CN(F)[C]=O)c1. The highest BCUT2D eigenvalue weighted by Gasteiger charge is 2.07. The molecule has 0 fully saturated rings. The van der Waals surface area contributed by atoms with Gasteiger partial charge in [0.15, 0.2) is 0 Å². The molecule has 0 atom stereocenters. The smallest absolute Gasteiger partial charge is 0.342 e. The molecular formula is C10H9FNO3. The van der Waals surface area contributed by atoms with Crippen LogP contribution in [0.25, 0.3) is 0 Å². The summed E-state index contributed by atoms with van der Waals surface area (Å²) in [5.74, 6) is -0.502. The van der Waals surface area contributed by atoms with Crippen LogP contribution in [0.1, 0.15) is 15.9 Å². The first-order valence-corrected chi connectivity index (χ1v) is 4.15. The van der Waals surface area contributed by atoms with Crippen LogP contribution in [0, 0.1) is 0 Å². The lowest BCUT2D eigenvalue weighted by molar-refractivity contribution is 0.0600. The molecule has 0 aliphatic rings. The average molecular weight is 210 g/mol. The van der Waals surface area contributed by atoms with E-state index in [9.17, 15) is 14.1 Å². The summed E-state index contributed by atoms with van der Waals surface area (Å²) in [6.07, 6.45) is 1.08. The predicted molar refractivity (Wildman–Crippen MR) is 50.1 cm³/mol. The lowest BCUT2D eigenvalue weighted by Gasteiger charge is -2.05. The Morgan fingerprint density at radius 3 is 2.93 bits per heavy atom. The van der Waals surface area contributed by atoms with E-state index in [2.05, 4.69) is 4.74 Å². The Morgan fingerprint density at radius 2 is 2.33 bits per heavy atom. The Morgan fingerprint density at radius 1 is 1.60 bits per heavy atom. The molecule has 5 heteroatoms. The van der Waals surface area contributed by atoms with Gasteiger partial charge < -0.3 is 4.74 Å². The van der Waals surface area contributed by atoms with Crippen LogP contribution >= 0.6 is 0 Å². The number of amides is 1. The van der Waals surface area contributed by atoms with E-state index in [-0.39, 0.29) is 11.7 Å². The third kappa shape index (κ3) is 3.05. The maximum atomic E-state index is 12.5. The number of benzene rings is 1. The van der Waals surface area contributed by atoms with Gasteiger partial charge in [-0.2, -0.15) is 5.12 Å². The van der Waals surface area contributed by atoms with Gasteiger partial charge in [-0.1, -0.05) is 16.6 Å². The molecule has 0 heterocycles. The summed E-state index contributed by atoms with van der Waals surface area (Å²) in [5.41, 5.74) is 0.804. The fourth-order valence-corrected chi connectivity index (χ4v) is 1.11. The lowest BCUT2D eigenvalue weighted by atomic mass is 10.1. The average Bonchev–Trinajstić information content (AvgIpc) is 2.28. The summed E-state index contributed by atoms with van der Waals surface area (Å²) in [6.45, 7) is -0.242. The maximum absolute atomic E-state index is 12.5. The van der Waals surface area contributed by atoms with Gasteiger partial charge in [0, 0.05) is 0 Å². The number of carbonyl (C=O) groups is 1.